The molecule has 0 N–H and O–H groups in total. The summed E-state index contributed by atoms with van der Waals surface area (Å²) in [5.74, 6) is 2.63. The molecule has 3 rings (SSSR count). The molecule has 2 aliphatic carbocycles. The minimum atomic E-state index is 0.277. The number of carbonyl (C=O) groups excluding carboxylic acids is 1. The molecule has 1 atom stereocenters. The van der Waals surface area contributed by atoms with Crippen LogP contribution in [-0.4, -0.2) is 11.2 Å². The van der Waals surface area contributed by atoms with Crippen molar-refractivity contribution in [1.29, 1.82) is 5.26 Å². The number of rotatable bonds is 5. The summed E-state index contributed by atoms with van der Waals surface area (Å²) in [6.45, 7) is 1.73. The van der Waals surface area contributed by atoms with Gasteiger partial charge in [-0.15, -0.1) is 11.6 Å². The predicted octanol–water partition coefficient (Wildman–Crippen LogP) is 6.22. The van der Waals surface area contributed by atoms with Crippen LogP contribution in [0.4, 0.5) is 0 Å². The predicted molar refractivity (Wildman–Crippen MR) is 106 cm³/mol. The van der Waals surface area contributed by atoms with Crippen LogP contribution in [-0.2, 0) is 4.79 Å². The number of alkyl halides is 1. The highest BCUT2D eigenvalue weighted by molar-refractivity contribution is 6.20. The number of nitrogens with zero attached hydrogens (tertiary/aromatic N) is 1. The lowest BCUT2D eigenvalue weighted by molar-refractivity contribution is -0.121. The van der Waals surface area contributed by atoms with E-state index >= 15 is 0 Å². The zero-order valence-corrected chi connectivity index (χ0v) is 16.5. The standard InChI is InChI=1S/C23H30ClNO/c1-16(26)19-10-12-22(13-11-19)23(24)14-17-2-6-20(7-3-17)21-8-4-18(15-25)5-9-21/h4-5,8-9,17,19-20,22-23H,2-3,6-7,10-14H2,1H3. The van der Waals surface area contributed by atoms with Crippen LogP contribution in [0, 0.1) is 29.1 Å². The number of nitriles is 1. The maximum atomic E-state index is 11.5. The second-order valence-electron chi connectivity index (χ2n) is 8.43. The molecule has 0 spiro atoms. The van der Waals surface area contributed by atoms with Crippen LogP contribution < -0.4 is 0 Å². The molecule has 2 fully saturated rings. The Bertz CT molecular complexity index is 631. The quantitative estimate of drug-likeness (QED) is 0.576. The summed E-state index contributed by atoms with van der Waals surface area (Å²) < 4.78 is 0. The Balaban J connectivity index is 1.43. The molecule has 0 radical (unpaired) electrons. The number of Topliss-reactive ketones (excluding diaryl/α,β-unsaturated/α-hetero) is 1. The van der Waals surface area contributed by atoms with Crippen LogP contribution in [0.25, 0.3) is 0 Å². The molecule has 3 heteroatoms. The van der Waals surface area contributed by atoms with Crippen molar-refractivity contribution in [2.24, 2.45) is 17.8 Å². The maximum Gasteiger partial charge on any atom is 0.132 e. The second kappa shape index (κ2) is 9.05. The first-order valence-corrected chi connectivity index (χ1v) is 10.6. The van der Waals surface area contributed by atoms with Gasteiger partial charge in [-0.05, 0) is 100 Å². The van der Waals surface area contributed by atoms with E-state index < -0.39 is 0 Å². The first-order valence-electron chi connectivity index (χ1n) is 10.2. The summed E-state index contributed by atoms with van der Waals surface area (Å²) in [6.07, 6.45) is 10.4. The molecule has 0 bridgehead atoms. The highest BCUT2D eigenvalue weighted by Gasteiger charge is 2.31. The summed E-state index contributed by atoms with van der Waals surface area (Å²) in [7, 11) is 0. The van der Waals surface area contributed by atoms with Gasteiger partial charge >= 0.3 is 0 Å². The van der Waals surface area contributed by atoms with Crippen molar-refractivity contribution in [2.75, 3.05) is 0 Å². The highest BCUT2D eigenvalue weighted by Crippen LogP contribution is 2.41. The number of hydrogen-bond donors (Lipinski definition) is 0. The van der Waals surface area contributed by atoms with Gasteiger partial charge in [-0.2, -0.15) is 5.26 Å². The number of ketones is 1. The first-order chi connectivity index (χ1) is 12.6. The van der Waals surface area contributed by atoms with E-state index in [0.717, 1.165) is 43.6 Å². The topological polar surface area (TPSA) is 40.9 Å². The third-order valence-electron chi connectivity index (χ3n) is 6.77. The van der Waals surface area contributed by atoms with Gasteiger partial charge in [-0.25, -0.2) is 0 Å². The molecule has 0 amide bonds. The fraction of sp³-hybridized carbons (Fsp3) is 0.652. The zero-order valence-electron chi connectivity index (χ0n) is 15.8. The minimum Gasteiger partial charge on any atom is -0.300 e. The lowest BCUT2D eigenvalue weighted by atomic mass is 9.74. The molecule has 0 aliphatic heterocycles. The Morgan fingerprint density at radius 3 is 2.23 bits per heavy atom. The molecule has 0 saturated heterocycles. The summed E-state index contributed by atoms with van der Waals surface area (Å²) in [6, 6.07) is 10.3. The van der Waals surface area contributed by atoms with Gasteiger partial charge in [-0.1, -0.05) is 12.1 Å². The van der Waals surface area contributed by atoms with E-state index in [9.17, 15) is 4.79 Å². The number of halogens is 1. The average molecular weight is 372 g/mol. The Morgan fingerprint density at radius 2 is 1.69 bits per heavy atom. The van der Waals surface area contributed by atoms with Crippen molar-refractivity contribution in [3.8, 4) is 6.07 Å². The third kappa shape index (κ3) is 4.89. The molecule has 1 aromatic carbocycles. The Morgan fingerprint density at radius 1 is 1.08 bits per heavy atom. The molecule has 0 heterocycles. The Hall–Kier alpha value is -1.33. The summed E-state index contributed by atoms with van der Waals surface area (Å²) in [4.78, 5) is 11.5. The van der Waals surface area contributed by atoms with Crippen molar-refractivity contribution in [2.45, 2.75) is 76.0 Å². The number of hydrogen-bond acceptors (Lipinski definition) is 2. The van der Waals surface area contributed by atoms with E-state index in [1.165, 1.54) is 31.2 Å². The first kappa shape index (κ1) is 19.4. The summed E-state index contributed by atoms with van der Waals surface area (Å²) >= 11 is 6.79. The van der Waals surface area contributed by atoms with Crippen LogP contribution in [0.2, 0.25) is 0 Å². The number of benzene rings is 1. The SMILES string of the molecule is CC(=O)C1CCC(C(Cl)CC2CCC(c3ccc(C#N)cc3)CC2)CC1. The Labute approximate surface area is 162 Å². The smallest absolute Gasteiger partial charge is 0.132 e. The lowest BCUT2D eigenvalue weighted by Crippen LogP contribution is -2.27. The molecule has 1 aromatic rings. The van der Waals surface area contributed by atoms with Gasteiger partial charge in [0.15, 0.2) is 0 Å². The minimum absolute atomic E-state index is 0.277. The second-order valence-corrected chi connectivity index (χ2v) is 8.99. The molecular formula is C23H30ClNO. The number of carbonyl (C=O) groups is 1. The highest BCUT2D eigenvalue weighted by atomic mass is 35.5. The van der Waals surface area contributed by atoms with Crippen molar-refractivity contribution >= 4 is 17.4 Å². The molecule has 0 aromatic heterocycles. The van der Waals surface area contributed by atoms with Gasteiger partial charge in [0.25, 0.3) is 0 Å². The monoisotopic (exact) mass is 371 g/mol. The van der Waals surface area contributed by atoms with E-state index in [-0.39, 0.29) is 11.3 Å². The van der Waals surface area contributed by atoms with Crippen molar-refractivity contribution in [1.82, 2.24) is 0 Å². The molecule has 2 nitrogen and oxygen atoms in total. The molecule has 2 saturated carbocycles. The normalized spacial score (nSPS) is 30.3. The molecule has 2 aliphatic rings. The van der Waals surface area contributed by atoms with Crippen LogP contribution in [0.15, 0.2) is 24.3 Å². The van der Waals surface area contributed by atoms with Gasteiger partial charge in [0.05, 0.1) is 11.6 Å². The molecule has 26 heavy (non-hydrogen) atoms. The van der Waals surface area contributed by atoms with E-state index in [2.05, 4.69) is 18.2 Å². The van der Waals surface area contributed by atoms with E-state index in [0.29, 0.717) is 17.6 Å². The van der Waals surface area contributed by atoms with Gasteiger partial charge in [0, 0.05) is 11.3 Å². The average Bonchev–Trinajstić information content (AvgIpc) is 2.68. The van der Waals surface area contributed by atoms with Crippen LogP contribution in [0.3, 0.4) is 0 Å². The van der Waals surface area contributed by atoms with E-state index in [4.69, 9.17) is 16.9 Å². The van der Waals surface area contributed by atoms with Gasteiger partial charge in [0.1, 0.15) is 5.78 Å². The largest absolute Gasteiger partial charge is 0.300 e. The summed E-state index contributed by atoms with van der Waals surface area (Å²) in [5.41, 5.74) is 2.12. The lowest BCUT2D eigenvalue weighted by Gasteiger charge is -2.34. The fourth-order valence-corrected chi connectivity index (χ4v) is 5.46. The van der Waals surface area contributed by atoms with Gasteiger partial charge in [-0.3, -0.25) is 4.79 Å². The molecule has 140 valence electrons. The van der Waals surface area contributed by atoms with Gasteiger partial charge < -0.3 is 0 Å². The van der Waals surface area contributed by atoms with Crippen molar-refractivity contribution in [3.63, 3.8) is 0 Å². The van der Waals surface area contributed by atoms with Crippen LogP contribution in [0.5, 0.6) is 0 Å². The van der Waals surface area contributed by atoms with Crippen molar-refractivity contribution < 1.29 is 4.79 Å². The van der Waals surface area contributed by atoms with E-state index in [1.54, 1.807) is 6.92 Å². The third-order valence-corrected chi connectivity index (χ3v) is 7.31. The maximum absolute atomic E-state index is 11.5. The summed E-state index contributed by atoms with van der Waals surface area (Å²) in [5, 5.41) is 9.20. The fourth-order valence-electron chi connectivity index (χ4n) is 4.96. The van der Waals surface area contributed by atoms with Gasteiger partial charge in [0.2, 0.25) is 0 Å². The Kier molecular flexibility index (Phi) is 6.76. The van der Waals surface area contributed by atoms with Crippen molar-refractivity contribution in [3.05, 3.63) is 35.4 Å². The zero-order chi connectivity index (χ0) is 18.5. The molecular weight excluding hydrogens is 342 g/mol. The van der Waals surface area contributed by atoms with E-state index in [1.807, 2.05) is 12.1 Å². The van der Waals surface area contributed by atoms with Crippen LogP contribution >= 0.6 is 11.6 Å². The van der Waals surface area contributed by atoms with Crippen LogP contribution in [0.1, 0.15) is 81.8 Å². The molecule has 1 unspecified atom stereocenters.